The van der Waals surface area contributed by atoms with Gasteiger partial charge in [0, 0.05) is 50.7 Å². The molecule has 0 amide bonds. The third-order valence-electron chi connectivity index (χ3n) is 4.09. The van der Waals surface area contributed by atoms with E-state index in [-0.39, 0.29) is 0 Å². The zero-order valence-electron chi connectivity index (χ0n) is 12.0. The topological polar surface area (TPSA) is 52.7 Å². The maximum absolute atomic E-state index is 12.2. The van der Waals surface area contributed by atoms with Crippen LogP contribution in [0.3, 0.4) is 0 Å². The van der Waals surface area contributed by atoms with Gasteiger partial charge in [0.05, 0.1) is 0 Å². The van der Waals surface area contributed by atoms with Gasteiger partial charge in [-0.2, -0.15) is 4.31 Å². The minimum absolute atomic E-state index is 0.381. The van der Waals surface area contributed by atoms with E-state index in [1.54, 1.807) is 10.4 Å². The van der Waals surface area contributed by atoms with E-state index in [4.69, 9.17) is 0 Å². The predicted octanol–water partition coefficient (Wildman–Crippen LogP) is 0.577. The first-order valence-electron chi connectivity index (χ1n) is 7.33. The lowest BCUT2D eigenvalue weighted by Crippen LogP contribution is -2.63. The molecule has 0 radical (unpaired) electrons. The van der Waals surface area contributed by atoms with Crippen LogP contribution in [0.2, 0.25) is 0 Å². The van der Waals surface area contributed by atoms with Crippen molar-refractivity contribution >= 4 is 16.1 Å². The predicted molar refractivity (Wildman–Crippen MR) is 84.2 cm³/mol. The molecule has 5 nitrogen and oxygen atoms in total. The van der Waals surface area contributed by atoms with Crippen molar-refractivity contribution in [3.8, 4) is 0 Å². The van der Waals surface area contributed by atoms with Gasteiger partial charge >= 0.3 is 0 Å². The van der Waals surface area contributed by atoms with Gasteiger partial charge in [-0.1, -0.05) is 30.3 Å². The minimum Gasteiger partial charge on any atom is -0.314 e. The Bertz CT molecular complexity index is 589. The van der Waals surface area contributed by atoms with Crippen LogP contribution in [0.25, 0.3) is 6.08 Å². The van der Waals surface area contributed by atoms with Gasteiger partial charge in [-0.3, -0.25) is 4.90 Å². The molecule has 2 fully saturated rings. The van der Waals surface area contributed by atoms with Crippen LogP contribution in [-0.2, 0) is 10.0 Å². The highest BCUT2D eigenvalue weighted by molar-refractivity contribution is 7.92. The number of rotatable bonds is 4. The molecule has 114 valence electrons. The molecule has 2 aliphatic rings. The van der Waals surface area contributed by atoms with Crippen LogP contribution in [0.5, 0.6) is 0 Å². The van der Waals surface area contributed by atoms with Crippen molar-refractivity contribution in [2.45, 2.75) is 6.04 Å². The number of piperazine rings is 1. The van der Waals surface area contributed by atoms with Crippen molar-refractivity contribution < 1.29 is 8.42 Å². The van der Waals surface area contributed by atoms with Crippen LogP contribution in [-0.4, -0.2) is 62.9 Å². The summed E-state index contributed by atoms with van der Waals surface area (Å²) in [5.74, 6) is 0. The fraction of sp³-hybridized carbons (Fsp3) is 0.467. The first-order valence-corrected chi connectivity index (χ1v) is 8.83. The van der Waals surface area contributed by atoms with Crippen LogP contribution in [0.4, 0.5) is 0 Å². The van der Waals surface area contributed by atoms with E-state index in [0.717, 1.165) is 31.7 Å². The SMILES string of the molecule is O=S(=O)(C=Cc1ccccc1)N1CC(N2CCNCC2)C1. The standard InChI is InChI=1S/C15H21N3O2S/c19-21(20,11-6-14-4-2-1-3-5-14)18-12-15(13-18)17-9-7-16-8-10-17/h1-6,11,15-16H,7-10,12-13H2. The Hall–Kier alpha value is -1.21. The molecular weight excluding hydrogens is 286 g/mol. The van der Waals surface area contributed by atoms with Gasteiger partial charge in [0.25, 0.3) is 0 Å². The van der Waals surface area contributed by atoms with E-state index in [9.17, 15) is 8.42 Å². The Morgan fingerprint density at radius 2 is 1.76 bits per heavy atom. The first kappa shape index (κ1) is 14.7. The van der Waals surface area contributed by atoms with E-state index in [1.807, 2.05) is 30.3 Å². The maximum Gasteiger partial charge on any atom is 0.236 e. The summed E-state index contributed by atoms with van der Waals surface area (Å²) in [5.41, 5.74) is 0.903. The Kier molecular flexibility index (Phi) is 4.40. The van der Waals surface area contributed by atoms with Crippen molar-refractivity contribution in [2.75, 3.05) is 39.3 Å². The highest BCUT2D eigenvalue weighted by atomic mass is 32.2. The Balaban J connectivity index is 1.56. The van der Waals surface area contributed by atoms with Crippen LogP contribution >= 0.6 is 0 Å². The zero-order valence-corrected chi connectivity index (χ0v) is 12.8. The van der Waals surface area contributed by atoms with Gasteiger partial charge in [-0.15, -0.1) is 0 Å². The Morgan fingerprint density at radius 3 is 2.43 bits per heavy atom. The molecule has 2 aliphatic heterocycles. The van der Waals surface area contributed by atoms with Gasteiger partial charge in [-0.25, -0.2) is 8.42 Å². The fourth-order valence-electron chi connectivity index (χ4n) is 2.72. The van der Waals surface area contributed by atoms with Crippen molar-refractivity contribution in [3.63, 3.8) is 0 Å². The van der Waals surface area contributed by atoms with Gasteiger partial charge in [0.15, 0.2) is 0 Å². The molecule has 0 aliphatic carbocycles. The number of nitrogens with zero attached hydrogens (tertiary/aromatic N) is 2. The summed E-state index contributed by atoms with van der Waals surface area (Å²) >= 11 is 0. The highest BCUT2D eigenvalue weighted by Gasteiger charge is 2.37. The summed E-state index contributed by atoms with van der Waals surface area (Å²) in [6.45, 7) is 5.24. The molecule has 0 bridgehead atoms. The second-order valence-electron chi connectivity index (χ2n) is 5.52. The number of hydrogen-bond donors (Lipinski definition) is 1. The smallest absolute Gasteiger partial charge is 0.236 e. The number of nitrogens with one attached hydrogen (secondary N) is 1. The molecule has 2 heterocycles. The largest absolute Gasteiger partial charge is 0.314 e. The average Bonchev–Trinajstić information content (AvgIpc) is 2.46. The first-order chi connectivity index (χ1) is 10.1. The molecule has 2 saturated heterocycles. The molecule has 0 saturated carbocycles. The van der Waals surface area contributed by atoms with Crippen molar-refractivity contribution in [2.24, 2.45) is 0 Å². The summed E-state index contributed by atoms with van der Waals surface area (Å²) in [4.78, 5) is 2.38. The Labute approximate surface area is 126 Å². The summed E-state index contributed by atoms with van der Waals surface area (Å²) in [6.07, 6.45) is 1.66. The number of benzene rings is 1. The van der Waals surface area contributed by atoms with E-state index < -0.39 is 10.0 Å². The molecule has 3 rings (SSSR count). The molecule has 6 heteroatoms. The third kappa shape index (κ3) is 3.52. The molecule has 21 heavy (non-hydrogen) atoms. The molecule has 0 aromatic heterocycles. The molecular formula is C15H21N3O2S. The van der Waals surface area contributed by atoms with Crippen molar-refractivity contribution in [1.29, 1.82) is 0 Å². The summed E-state index contributed by atoms with van der Waals surface area (Å²) in [7, 11) is -3.28. The summed E-state index contributed by atoms with van der Waals surface area (Å²) in [5, 5.41) is 4.63. The monoisotopic (exact) mass is 307 g/mol. The van der Waals surface area contributed by atoms with E-state index in [0.29, 0.717) is 19.1 Å². The van der Waals surface area contributed by atoms with E-state index in [1.165, 1.54) is 5.41 Å². The summed E-state index contributed by atoms with van der Waals surface area (Å²) < 4.78 is 26.0. The molecule has 0 unspecified atom stereocenters. The van der Waals surface area contributed by atoms with Crippen LogP contribution in [0.1, 0.15) is 5.56 Å². The minimum atomic E-state index is -3.28. The number of sulfonamides is 1. The Morgan fingerprint density at radius 1 is 1.10 bits per heavy atom. The normalized spacial score (nSPS) is 22.5. The third-order valence-corrected chi connectivity index (χ3v) is 5.59. The average molecular weight is 307 g/mol. The van der Waals surface area contributed by atoms with Gasteiger partial charge in [-0.05, 0) is 11.6 Å². The number of hydrogen-bond acceptors (Lipinski definition) is 4. The highest BCUT2D eigenvalue weighted by Crippen LogP contribution is 2.20. The van der Waals surface area contributed by atoms with Gasteiger partial charge in [0.2, 0.25) is 10.0 Å². The molecule has 1 N–H and O–H groups in total. The van der Waals surface area contributed by atoms with Crippen LogP contribution in [0.15, 0.2) is 35.7 Å². The van der Waals surface area contributed by atoms with Crippen molar-refractivity contribution in [3.05, 3.63) is 41.3 Å². The van der Waals surface area contributed by atoms with Crippen LogP contribution in [0, 0.1) is 0 Å². The zero-order chi connectivity index (χ0) is 14.7. The molecule has 0 atom stereocenters. The second-order valence-corrected chi connectivity index (χ2v) is 7.33. The second kappa shape index (κ2) is 6.27. The van der Waals surface area contributed by atoms with Crippen molar-refractivity contribution in [1.82, 2.24) is 14.5 Å². The van der Waals surface area contributed by atoms with Crippen LogP contribution < -0.4 is 5.32 Å². The van der Waals surface area contributed by atoms with E-state index in [2.05, 4.69) is 10.2 Å². The fourth-order valence-corrected chi connectivity index (χ4v) is 3.98. The quantitative estimate of drug-likeness (QED) is 0.884. The lowest BCUT2D eigenvalue weighted by atomic mass is 10.1. The van der Waals surface area contributed by atoms with Gasteiger partial charge in [0.1, 0.15) is 0 Å². The lowest BCUT2D eigenvalue weighted by molar-refractivity contribution is 0.0781. The maximum atomic E-state index is 12.2. The molecule has 1 aromatic rings. The molecule has 0 spiro atoms. The van der Waals surface area contributed by atoms with Gasteiger partial charge < -0.3 is 5.32 Å². The lowest BCUT2D eigenvalue weighted by Gasteiger charge is -2.45. The summed E-state index contributed by atoms with van der Waals surface area (Å²) in [6, 6.07) is 9.88. The molecule has 1 aromatic carbocycles. The van der Waals surface area contributed by atoms with E-state index >= 15 is 0 Å².